The van der Waals surface area contributed by atoms with Gasteiger partial charge in [-0.3, -0.25) is 9.78 Å². The minimum absolute atomic E-state index is 0.102. The Labute approximate surface area is 112 Å². The van der Waals surface area contributed by atoms with E-state index in [0.717, 1.165) is 30.8 Å². The van der Waals surface area contributed by atoms with E-state index in [1.54, 1.807) is 23.4 Å². The van der Waals surface area contributed by atoms with Crippen LogP contribution in [0.15, 0.2) is 18.5 Å². The van der Waals surface area contributed by atoms with E-state index in [1.165, 1.54) is 0 Å². The minimum atomic E-state index is 0.102. The second-order valence-corrected chi connectivity index (χ2v) is 4.79. The maximum Gasteiger partial charge on any atom is 0.241 e. The highest BCUT2D eigenvalue weighted by atomic mass is 32.1. The van der Waals surface area contributed by atoms with Gasteiger partial charge in [0.05, 0.1) is 18.4 Å². The Balaban J connectivity index is 2.31. The molecule has 1 amide bonds. The molecule has 0 bridgehead atoms. The molecule has 0 radical (unpaired) electrons. The molecule has 0 aromatic carbocycles. The summed E-state index contributed by atoms with van der Waals surface area (Å²) in [5, 5.41) is 0. The largest absolute Gasteiger partial charge is 0.389 e. The highest BCUT2D eigenvalue weighted by molar-refractivity contribution is 7.80. The van der Waals surface area contributed by atoms with Gasteiger partial charge in [0.15, 0.2) is 0 Å². The van der Waals surface area contributed by atoms with Gasteiger partial charge in [-0.1, -0.05) is 12.2 Å². The lowest BCUT2D eigenvalue weighted by molar-refractivity contribution is -0.127. The predicted molar refractivity (Wildman–Crippen MR) is 74.6 cm³/mol. The minimum Gasteiger partial charge on any atom is -0.389 e. The molecule has 2 rings (SSSR count). The van der Waals surface area contributed by atoms with Crippen LogP contribution in [0.1, 0.15) is 12.0 Å². The molecular formula is C12H16N4OS. The topological polar surface area (TPSA) is 62.5 Å². The number of carbonyl (C=O) groups excluding carboxylic acids is 1. The lowest BCUT2D eigenvalue weighted by atomic mass is 10.2. The van der Waals surface area contributed by atoms with E-state index in [0.29, 0.717) is 11.5 Å². The van der Waals surface area contributed by atoms with Gasteiger partial charge in [-0.05, 0) is 12.5 Å². The first-order valence-corrected chi connectivity index (χ1v) is 6.23. The molecule has 1 aliphatic heterocycles. The van der Waals surface area contributed by atoms with Crippen molar-refractivity contribution in [1.82, 2.24) is 9.88 Å². The molecule has 0 aliphatic carbocycles. The van der Waals surface area contributed by atoms with Crippen molar-refractivity contribution in [2.75, 3.05) is 31.6 Å². The van der Waals surface area contributed by atoms with Crippen LogP contribution in [-0.4, -0.2) is 47.5 Å². The van der Waals surface area contributed by atoms with Crippen LogP contribution in [0.3, 0.4) is 0 Å². The van der Waals surface area contributed by atoms with Gasteiger partial charge in [0.25, 0.3) is 0 Å². The van der Waals surface area contributed by atoms with E-state index in [-0.39, 0.29) is 5.91 Å². The van der Waals surface area contributed by atoms with Crippen molar-refractivity contribution in [3.8, 4) is 0 Å². The fraction of sp³-hybridized carbons (Fsp3) is 0.417. The zero-order valence-corrected chi connectivity index (χ0v) is 11.1. The van der Waals surface area contributed by atoms with Crippen molar-refractivity contribution in [3.05, 3.63) is 24.0 Å². The Bertz CT molecular complexity index is 477. The summed E-state index contributed by atoms with van der Waals surface area (Å²) in [6, 6.07) is 1.79. The van der Waals surface area contributed by atoms with Gasteiger partial charge in [-0.15, -0.1) is 0 Å². The highest BCUT2D eigenvalue weighted by Crippen LogP contribution is 2.20. The Morgan fingerprint density at radius 1 is 1.50 bits per heavy atom. The van der Waals surface area contributed by atoms with Gasteiger partial charge >= 0.3 is 0 Å². The Morgan fingerprint density at radius 3 is 3.00 bits per heavy atom. The Hall–Kier alpha value is -1.69. The average molecular weight is 264 g/mol. The summed E-state index contributed by atoms with van der Waals surface area (Å²) in [4.78, 5) is 20.0. The monoisotopic (exact) mass is 264 g/mol. The number of pyridine rings is 1. The Morgan fingerprint density at radius 2 is 2.28 bits per heavy atom. The number of rotatable bonds is 2. The van der Waals surface area contributed by atoms with Gasteiger partial charge in [-0.2, -0.15) is 0 Å². The third-order valence-electron chi connectivity index (χ3n) is 3.08. The fourth-order valence-electron chi connectivity index (χ4n) is 2.04. The van der Waals surface area contributed by atoms with Crippen LogP contribution >= 0.6 is 12.2 Å². The van der Waals surface area contributed by atoms with Crippen molar-refractivity contribution in [3.63, 3.8) is 0 Å². The van der Waals surface area contributed by atoms with Crippen LogP contribution in [0.25, 0.3) is 0 Å². The van der Waals surface area contributed by atoms with Crippen LogP contribution in [0.4, 0.5) is 5.69 Å². The number of hydrogen-bond donors (Lipinski definition) is 1. The number of nitrogens with zero attached hydrogens (tertiary/aromatic N) is 3. The molecule has 18 heavy (non-hydrogen) atoms. The van der Waals surface area contributed by atoms with Crippen molar-refractivity contribution in [2.24, 2.45) is 5.73 Å². The second kappa shape index (κ2) is 5.30. The molecule has 6 heteroatoms. The summed E-state index contributed by atoms with van der Waals surface area (Å²) in [5.41, 5.74) is 7.32. The summed E-state index contributed by atoms with van der Waals surface area (Å²) in [5.74, 6) is 0.102. The van der Waals surface area contributed by atoms with Crippen molar-refractivity contribution in [1.29, 1.82) is 0 Å². The number of nitrogens with two attached hydrogens (primary N) is 1. The first-order valence-electron chi connectivity index (χ1n) is 5.82. The lowest BCUT2D eigenvalue weighted by Crippen LogP contribution is -2.35. The zero-order chi connectivity index (χ0) is 13.1. The summed E-state index contributed by atoms with van der Waals surface area (Å²) in [6.45, 7) is 1.92. The molecule has 0 atom stereocenters. The van der Waals surface area contributed by atoms with Gasteiger partial charge in [-0.25, -0.2) is 0 Å². The molecule has 5 nitrogen and oxygen atoms in total. The van der Waals surface area contributed by atoms with E-state index in [1.807, 2.05) is 11.9 Å². The third-order valence-corrected chi connectivity index (χ3v) is 3.30. The quantitative estimate of drug-likeness (QED) is 0.783. The zero-order valence-electron chi connectivity index (χ0n) is 10.3. The smallest absolute Gasteiger partial charge is 0.241 e. The molecule has 0 saturated carbocycles. The number of thiocarbonyl (C=S) groups is 1. The number of carbonyl (C=O) groups is 1. The number of anilines is 1. The van der Waals surface area contributed by atoms with E-state index in [9.17, 15) is 4.79 Å². The standard InChI is InChI=1S/C12H16N4OS/c1-15-5-2-6-16(8-11(15)17)10-7-14-4-3-9(10)12(13)18/h3-4,7H,2,5-6,8H2,1H3,(H2,13,18). The number of amides is 1. The van der Waals surface area contributed by atoms with Crippen molar-refractivity contribution < 1.29 is 4.79 Å². The molecular weight excluding hydrogens is 248 g/mol. The summed E-state index contributed by atoms with van der Waals surface area (Å²) >= 11 is 5.03. The lowest BCUT2D eigenvalue weighted by Gasteiger charge is -2.23. The van der Waals surface area contributed by atoms with Crippen LogP contribution in [0.5, 0.6) is 0 Å². The van der Waals surface area contributed by atoms with E-state index < -0.39 is 0 Å². The molecule has 1 fully saturated rings. The molecule has 1 aromatic rings. The maximum absolute atomic E-state index is 11.9. The average Bonchev–Trinajstić information content (AvgIpc) is 2.52. The van der Waals surface area contributed by atoms with Crippen LogP contribution < -0.4 is 10.6 Å². The molecule has 1 aromatic heterocycles. The molecule has 2 N–H and O–H groups in total. The van der Waals surface area contributed by atoms with Gasteiger partial charge < -0.3 is 15.5 Å². The Kier molecular flexibility index (Phi) is 3.76. The number of hydrogen-bond acceptors (Lipinski definition) is 4. The summed E-state index contributed by atoms with van der Waals surface area (Å²) in [7, 11) is 1.82. The summed E-state index contributed by atoms with van der Waals surface area (Å²) in [6.07, 6.45) is 4.30. The van der Waals surface area contributed by atoms with Gasteiger partial charge in [0.2, 0.25) is 5.91 Å². The fourth-order valence-corrected chi connectivity index (χ4v) is 2.21. The van der Waals surface area contributed by atoms with Gasteiger partial charge in [0.1, 0.15) is 4.99 Å². The van der Waals surface area contributed by atoms with E-state index >= 15 is 0 Å². The molecule has 0 unspecified atom stereocenters. The van der Waals surface area contributed by atoms with Crippen LogP contribution in [0.2, 0.25) is 0 Å². The SMILES string of the molecule is CN1CCCN(c2cnccc2C(N)=S)CC1=O. The van der Waals surface area contributed by atoms with Crippen LogP contribution in [-0.2, 0) is 4.79 Å². The molecule has 2 heterocycles. The third kappa shape index (κ3) is 2.59. The predicted octanol–water partition coefficient (Wildman–Crippen LogP) is 0.384. The number of aromatic nitrogens is 1. The summed E-state index contributed by atoms with van der Waals surface area (Å²) < 4.78 is 0. The highest BCUT2D eigenvalue weighted by Gasteiger charge is 2.21. The van der Waals surface area contributed by atoms with Crippen LogP contribution in [0, 0.1) is 0 Å². The second-order valence-electron chi connectivity index (χ2n) is 4.35. The number of likely N-dealkylation sites (N-methyl/N-ethyl adjacent to an activating group) is 1. The molecule has 0 spiro atoms. The van der Waals surface area contributed by atoms with Gasteiger partial charge in [0, 0.05) is 31.9 Å². The molecule has 1 aliphatic rings. The first kappa shape index (κ1) is 12.8. The van der Waals surface area contributed by atoms with Crippen molar-refractivity contribution >= 4 is 28.8 Å². The molecule has 96 valence electrons. The normalized spacial score (nSPS) is 16.6. The first-order chi connectivity index (χ1) is 8.59. The van der Waals surface area contributed by atoms with Crippen molar-refractivity contribution in [2.45, 2.75) is 6.42 Å². The maximum atomic E-state index is 11.9. The van der Waals surface area contributed by atoms with E-state index in [4.69, 9.17) is 18.0 Å². The molecule has 1 saturated heterocycles. The van der Waals surface area contributed by atoms with E-state index in [2.05, 4.69) is 4.98 Å².